The summed E-state index contributed by atoms with van der Waals surface area (Å²) in [5.41, 5.74) is 3.65. The Kier molecular flexibility index (Phi) is 5.02. The third-order valence-electron chi connectivity index (χ3n) is 3.08. The number of carbonyl (C=O) groups excluding carboxylic acids is 1. The van der Waals surface area contributed by atoms with Gasteiger partial charge in [0.05, 0.1) is 12.2 Å². The van der Waals surface area contributed by atoms with Crippen molar-refractivity contribution >= 4 is 40.0 Å². The average Bonchev–Trinajstić information content (AvgIpc) is 3.24. The molecule has 3 aromatic rings. The first-order valence-corrected chi connectivity index (χ1v) is 8.78. The number of nitrogens with one attached hydrogen (secondary N) is 2. The van der Waals surface area contributed by atoms with E-state index in [2.05, 4.69) is 27.1 Å². The highest BCUT2D eigenvalue weighted by molar-refractivity contribution is 7.14. The van der Waals surface area contributed by atoms with Gasteiger partial charge in [0.15, 0.2) is 0 Å². The van der Waals surface area contributed by atoms with Gasteiger partial charge in [-0.1, -0.05) is 6.07 Å². The summed E-state index contributed by atoms with van der Waals surface area (Å²) in [6.07, 6.45) is 0. The highest BCUT2D eigenvalue weighted by Crippen LogP contribution is 2.26. The lowest BCUT2D eigenvalue weighted by atomic mass is 10.2. The first-order valence-electron chi connectivity index (χ1n) is 6.96. The SMILES string of the molecule is O=C(CO)Nc1cccc(NCc2csc(-c3ccsc3)n2)c1. The number of rotatable bonds is 6. The number of aliphatic hydroxyl groups excluding tert-OH is 1. The van der Waals surface area contributed by atoms with E-state index in [1.165, 1.54) is 0 Å². The van der Waals surface area contributed by atoms with Crippen LogP contribution >= 0.6 is 22.7 Å². The van der Waals surface area contributed by atoms with Gasteiger partial charge in [-0.15, -0.1) is 11.3 Å². The lowest BCUT2D eigenvalue weighted by molar-refractivity contribution is -0.118. The molecule has 7 heteroatoms. The number of hydrogen-bond acceptors (Lipinski definition) is 6. The maximum Gasteiger partial charge on any atom is 0.250 e. The summed E-state index contributed by atoms with van der Waals surface area (Å²) in [6.45, 7) is 0.0832. The second-order valence-electron chi connectivity index (χ2n) is 4.80. The van der Waals surface area contributed by atoms with Crippen LogP contribution in [0.15, 0.2) is 46.5 Å². The van der Waals surface area contributed by atoms with Gasteiger partial charge < -0.3 is 15.7 Å². The summed E-state index contributed by atoms with van der Waals surface area (Å²) in [6, 6.07) is 9.41. The van der Waals surface area contributed by atoms with E-state index in [0.717, 1.165) is 22.0 Å². The van der Waals surface area contributed by atoms with Gasteiger partial charge in [0.1, 0.15) is 11.6 Å². The number of aromatic nitrogens is 1. The Bertz CT molecular complexity index is 784. The maximum atomic E-state index is 11.2. The Labute approximate surface area is 141 Å². The lowest BCUT2D eigenvalue weighted by Gasteiger charge is -2.08. The molecule has 5 nitrogen and oxygen atoms in total. The number of benzene rings is 1. The van der Waals surface area contributed by atoms with E-state index >= 15 is 0 Å². The van der Waals surface area contributed by atoms with Crippen molar-refractivity contribution in [1.82, 2.24) is 4.98 Å². The predicted molar refractivity (Wildman–Crippen MR) is 94.9 cm³/mol. The van der Waals surface area contributed by atoms with Crippen LogP contribution in [0.25, 0.3) is 10.6 Å². The number of aliphatic hydroxyl groups is 1. The normalized spacial score (nSPS) is 10.5. The molecule has 1 amide bonds. The molecule has 1 aromatic carbocycles. The third kappa shape index (κ3) is 4.16. The van der Waals surface area contributed by atoms with E-state index in [9.17, 15) is 4.79 Å². The topological polar surface area (TPSA) is 74.2 Å². The summed E-state index contributed by atoms with van der Waals surface area (Å²) in [4.78, 5) is 15.8. The molecule has 0 saturated carbocycles. The minimum atomic E-state index is -0.526. The van der Waals surface area contributed by atoms with Gasteiger partial charge >= 0.3 is 0 Å². The van der Waals surface area contributed by atoms with Gasteiger partial charge in [-0.3, -0.25) is 4.79 Å². The summed E-state index contributed by atoms with van der Waals surface area (Å²) >= 11 is 3.29. The molecule has 3 rings (SSSR count). The average molecular weight is 345 g/mol. The van der Waals surface area contributed by atoms with Crippen molar-refractivity contribution in [2.45, 2.75) is 6.54 Å². The first kappa shape index (κ1) is 15.7. The molecule has 0 fully saturated rings. The number of thiazole rings is 1. The standard InChI is InChI=1S/C16H15N3O2S2/c20-8-15(21)18-13-3-1-2-12(6-13)17-7-14-10-23-16(19-14)11-4-5-22-9-11/h1-6,9-10,17,20H,7-8H2,(H,18,21). The quantitative estimate of drug-likeness (QED) is 0.640. The van der Waals surface area contributed by atoms with Gasteiger partial charge in [0, 0.05) is 27.7 Å². The Morgan fingerprint density at radius 1 is 1.22 bits per heavy atom. The number of anilines is 2. The summed E-state index contributed by atoms with van der Waals surface area (Å²) in [5, 5.41) is 21.8. The fourth-order valence-corrected chi connectivity index (χ4v) is 3.54. The Morgan fingerprint density at radius 3 is 2.87 bits per heavy atom. The predicted octanol–water partition coefficient (Wildman–Crippen LogP) is 3.41. The summed E-state index contributed by atoms with van der Waals surface area (Å²) < 4.78 is 0. The zero-order chi connectivity index (χ0) is 16.1. The summed E-state index contributed by atoms with van der Waals surface area (Å²) in [7, 11) is 0. The van der Waals surface area contributed by atoms with Crippen LogP contribution in [-0.2, 0) is 11.3 Å². The second-order valence-corrected chi connectivity index (χ2v) is 6.43. The third-order valence-corrected chi connectivity index (χ3v) is 4.71. The van der Waals surface area contributed by atoms with E-state index in [-0.39, 0.29) is 0 Å². The number of amides is 1. The van der Waals surface area contributed by atoms with Gasteiger partial charge in [-0.2, -0.15) is 11.3 Å². The molecule has 0 radical (unpaired) electrons. The monoisotopic (exact) mass is 345 g/mol. The van der Waals surface area contributed by atoms with Crippen molar-refractivity contribution in [3.63, 3.8) is 0 Å². The Hall–Kier alpha value is -2.22. The van der Waals surface area contributed by atoms with Crippen molar-refractivity contribution < 1.29 is 9.90 Å². The van der Waals surface area contributed by atoms with Gasteiger partial charge in [0.2, 0.25) is 5.91 Å². The molecular weight excluding hydrogens is 330 g/mol. The van der Waals surface area contributed by atoms with Crippen LogP contribution in [0.2, 0.25) is 0 Å². The van der Waals surface area contributed by atoms with Crippen LogP contribution in [0.5, 0.6) is 0 Å². The van der Waals surface area contributed by atoms with E-state index in [4.69, 9.17) is 5.11 Å². The van der Waals surface area contributed by atoms with E-state index in [1.54, 1.807) is 28.7 Å². The van der Waals surface area contributed by atoms with Crippen molar-refractivity contribution in [1.29, 1.82) is 0 Å². The van der Waals surface area contributed by atoms with Crippen LogP contribution in [0.1, 0.15) is 5.69 Å². The molecule has 0 bridgehead atoms. The molecule has 2 aromatic heterocycles. The minimum absolute atomic E-state index is 0.429. The summed E-state index contributed by atoms with van der Waals surface area (Å²) in [5.74, 6) is -0.429. The molecule has 0 unspecified atom stereocenters. The van der Waals surface area contributed by atoms with Crippen LogP contribution in [0.3, 0.4) is 0 Å². The number of hydrogen-bond donors (Lipinski definition) is 3. The molecule has 2 heterocycles. The Morgan fingerprint density at radius 2 is 2.09 bits per heavy atom. The van der Waals surface area contributed by atoms with Crippen LogP contribution < -0.4 is 10.6 Å². The zero-order valence-corrected chi connectivity index (χ0v) is 13.8. The zero-order valence-electron chi connectivity index (χ0n) is 12.2. The first-order chi connectivity index (χ1) is 11.2. The van der Waals surface area contributed by atoms with Crippen LogP contribution in [-0.4, -0.2) is 22.6 Å². The van der Waals surface area contributed by atoms with E-state index < -0.39 is 12.5 Å². The molecule has 0 aliphatic heterocycles. The van der Waals surface area contributed by atoms with Crippen molar-refractivity contribution in [2.24, 2.45) is 0 Å². The molecule has 118 valence electrons. The van der Waals surface area contributed by atoms with Crippen molar-refractivity contribution in [3.05, 3.63) is 52.2 Å². The fraction of sp³-hybridized carbons (Fsp3) is 0.125. The molecule has 0 aliphatic carbocycles. The molecule has 0 atom stereocenters. The largest absolute Gasteiger partial charge is 0.387 e. The molecule has 0 aliphatic rings. The fourth-order valence-electron chi connectivity index (χ4n) is 2.01. The van der Waals surface area contributed by atoms with Gasteiger partial charge in [-0.05, 0) is 29.6 Å². The van der Waals surface area contributed by atoms with E-state index in [1.807, 2.05) is 29.0 Å². The number of carbonyl (C=O) groups is 1. The van der Waals surface area contributed by atoms with Gasteiger partial charge in [0.25, 0.3) is 0 Å². The molecule has 3 N–H and O–H groups in total. The maximum absolute atomic E-state index is 11.2. The molecule has 0 saturated heterocycles. The molecular formula is C16H15N3O2S2. The van der Waals surface area contributed by atoms with Crippen molar-refractivity contribution in [2.75, 3.05) is 17.2 Å². The number of nitrogens with zero attached hydrogens (tertiary/aromatic N) is 1. The smallest absolute Gasteiger partial charge is 0.250 e. The van der Waals surface area contributed by atoms with E-state index in [0.29, 0.717) is 12.2 Å². The highest BCUT2D eigenvalue weighted by atomic mass is 32.1. The number of thiophene rings is 1. The van der Waals surface area contributed by atoms with Gasteiger partial charge in [-0.25, -0.2) is 4.98 Å². The minimum Gasteiger partial charge on any atom is -0.387 e. The van der Waals surface area contributed by atoms with Crippen LogP contribution in [0.4, 0.5) is 11.4 Å². The molecule has 0 spiro atoms. The molecule has 23 heavy (non-hydrogen) atoms. The Balaban J connectivity index is 1.62. The second kappa shape index (κ2) is 7.36. The van der Waals surface area contributed by atoms with Crippen LogP contribution in [0, 0.1) is 0 Å². The van der Waals surface area contributed by atoms with Crippen molar-refractivity contribution in [3.8, 4) is 10.6 Å². The highest BCUT2D eigenvalue weighted by Gasteiger charge is 2.05. The lowest BCUT2D eigenvalue weighted by Crippen LogP contribution is -2.15.